The predicted molar refractivity (Wildman–Crippen MR) is 72.9 cm³/mol. The first-order chi connectivity index (χ1) is 9.36. The molecule has 0 atom stereocenters. The lowest BCUT2D eigenvalue weighted by Gasteiger charge is -2.17. The Hall–Kier alpha value is -2.41. The average molecular weight is 279 g/mol. The van der Waals surface area contributed by atoms with Gasteiger partial charge in [0.15, 0.2) is 0 Å². The van der Waals surface area contributed by atoms with E-state index in [2.05, 4.69) is 5.32 Å². The second-order valence-corrected chi connectivity index (χ2v) is 4.22. The van der Waals surface area contributed by atoms with Gasteiger partial charge in [-0.2, -0.15) is 0 Å². The number of nitrogens with zero attached hydrogens (tertiary/aromatic N) is 1. The Labute approximate surface area is 116 Å². The number of amides is 3. The Kier molecular flexibility index (Phi) is 5.22. The van der Waals surface area contributed by atoms with Crippen molar-refractivity contribution in [1.29, 1.82) is 0 Å². The highest BCUT2D eigenvalue weighted by atomic mass is 16.3. The van der Waals surface area contributed by atoms with E-state index in [1.165, 1.54) is 25.1 Å². The van der Waals surface area contributed by atoms with E-state index in [1.807, 2.05) is 0 Å². The average Bonchev–Trinajstić information content (AvgIpc) is 2.38. The summed E-state index contributed by atoms with van der Waals surface area (Å²) >= 11 is 0. The molecule has 1 aromatic rings. The molecule has 0 unspecified atom stereocenters. The number of carbonyl (C=O) groups excluding carboxylic acids is 3. The fourth-order valence-corrected chi connectivity index (χ4v) is 1.62. The molecule has 0 aliphatic heterocycles. The van der Waals surface area contributed by atoms with Gasteiger partial charge in [-0.1, -0.05) is 0 Å². The fourth-order valence-electron chi connectivity index (χ4n) is 1.62. The van der Waals surface area contributed by atoms with Crippen molar-refractivity contribution in [3.8, 4) is 5.75 Å². The number of anilines is 1. The van der Waals surface area contributed by atoms with Crippen molar-refractivity contribution in [2.45, 2.75) is 13.8 Å². The minimum absolute atomic E-state index is 0.0177. The Balaban J connectivity index is 2.84. The minimum Gasteiger partial charge on any atom is -0.508 e. The number of phenols is 1. The molecule has 0 spiro atoms. The number of nitrogens with one attached hydrogen (secondary N) is 1. The van der Waals surface area contributed by atoms with Crippen molar-refractivity contribution in [3.63, 3.8) is 0 Å². The van der Waals surface area contributed by atoms with E-state index in [1.54, 1.807) is 6.92 Å². The van der Waals surface area contributed by atoms with Gasteiger partial charge < -0.3 is 16.2 Å². The summed E-state index contributed by atoms with van der Waals surface area (Å²) in [6.07, 6.45) is 0. The molecule has 0 saturated carbocycles. The van der Waals surface area contributed by atoms with E-state index >= 15 is 0 Å². The van der Waals surface area contributed by atoms with Crippen molar-refractivity contribution in [2.75, 3.05) is 18.4 Å². The second kappa shape index (κ2) is 6.67. The monoisotopic (exact) mass is 279 g/mol. The van der Waals surface area contributed by atoms with Crippen molar-refractivity contribution in [3.05, 3.63) is 23.8 Å². The van der Waals surface area contributed by atoms with E-state index in [-0.39, 0.29) is 18.8 Å². The Bertz CT molecular complexity index is 542. The van der Waals surface area contributed by atoms with E-state index < -0.39 is 17.7 Å². The topological polar surface area (TPSA) is 113 Å². The van der Waals surface area contributed by atoms with Crippen molar-refractivity contribution in [2.24, 2.45) is 5.73 Å². The van der Waals surface area contributed by atoms with Crippen LogP contribution in [0.15, 0.2) is 18.2 Å². The maximum atomic E-state index is 11.8. The second-order valence-electron chi connectivity index (χ2n) is 4.22. The normalized spacial score (nSPS) is 9.95. The third-order valence-corrected chi connectivity index (χ3v) is 2.63. The molecule has 0 fully saturated rings. The van der Waals surface area contributed by atoms with Gasteiger partial charge in [0.05, 0.1) is 0 Å². The van der Waals surface area contributed by atoms with Crippen LogP contribution in [0.25, 0.3) is 0 Å². The minimum atomic E-state index is -0.963. The van der Waals surface area contributed by atoms with Crippen LogP contribution >= 0.6 is 0 Å². The summed E-state index contributed by atoms with van der Waals surface area (Å²) in [5.74, 6) is -2.38. The van der Waals surface area contributed by atoms with Gasteiger partial charge in [-0.15, -0.1) is 0 Å². The third-order valence-electron chi connectivity index (χ3n) is 2.63. The maximum Gasteiger partial charge on any atom is 0.318 e. The molecule has 0 aliphatic carbocycles. The van der Waals surface area contributed by atoms with Gasteiger partial charge in [0.25, 0.3) is 0 Å². The summed E-state index contributed by atoms with van der Waals surface area (Å²) in [6, 6.07) is 4.30. The molecule has 1 rings (SSSR count). The smallest absolute Gasteiger partial charge is 0.318 e. The summed E-state index contributed by atoms with van der Waals surface area (Å²) in [5, 5.41) is 11.7. The number of hydrogen-bond donors (Lipinski definition) is 3. The van der Waals surface area contributed by atoms with Crippen LogP contribution in [-0.4, -0.2) is 40.8 Å². The number of aryl methyl sites for hydroxylation is 1. The molecule has 7 nitrogen and oxygen atoms in total. The molecule has 0 heterocycles. The van der Waals surface area contributed by atoms with Crippen LogP contribution < -0.4 is 11.1 Å². The van der Waals surface area contributed by atoms with Gasteiger partial charge in [0.2, 0.25) is 5.91 Å². The summed E-state index contributed by atoms with van der Waals surface area (Å²) < 4.78 is 0. The molecule has 4 N–H and O–H groups in total. The molecule has 0 aliphatic rings. The summed E-state index contributed by atoms with van der Waals surface area (Å²) in [4.78, 5) is 35.7. The molecule has 0 radical (unpaired) electrons. The highest BCUT2D eigenvalue weighted by Gasteiger charge is 2.24. The third kappa shape index (κ3) is 3.79. The first-order valence-corrected chi connectivity index (χ1v) is 6.00. The number of benzene rings is 1. The van der Waals surface area contributed by atoms with Gasteiger partial charge in [-0.3, -0.25) is 19.3 Å². The molecule has 0 saturated heterocycles. The van der Waals surface area contributed by atoms with Gasteiger partial charge >= 0.3 is 11.8 Å². The van der Waals surface area contributed by atoms with Crippen molar-refractivity contribution in [1.82, 2.24) is 4.90 Å². The molecular weight excluding hydrogens is 262 g/mol. The standard InChI is InChI=1S/C13H17N3O4/c1-8-7-10(18)3-4-11(8)15-12(19)13(20)16(6-5-14)9(2)17/h3-4,7,18H,5-6,14H2,1-2H3,(H,15,19). The van der Waals surface area contributed by atoms with E-state index in [0.29, 0.717) is 11.3 Å². The summed E-state index contributed by atoms with van der Waals surface area (Å²) in [7, 11) is 0. The number of imide groups is 1. The molecule has 20 heavy (non-hydrogen) atoms. The number of hydrogen-bond acceptors (Lipinski definition) is 5. The van der Waals surface area contributed by atoms with Crippen LogP contribution in [0.5, 0.6) is 5.75 Å². The van der Waals surface area contributed by atoms with Crippen molar-refractivity contribution < 1.29 is 19.5 Å². The quantitative estimate of drug-likeness (QED) is 0.531. The molecule has 3 amide bonds. The number of carbonyl (C=O) groups is 3. The van der Waals surface area contributed by atoms with Crippen LogP contribution in [0.2, 0.25) is 0 Å². The van der Waals surface area contributed by atoms with Crippen molar-refractivity contribution >= 4 is 23.4 Å². The Morgan fingerprint density at radius 2 is 2.00 bits per heavy atom. The largest absolute Gasteiger partial charge is 0.508 e. The maximum absolute atomic E-state index is 11.8. The van der Waals surface area contributed by atoms with E-state index in [0.717, 1.165) is 4.90 Å². The van der Waals surface area contributed by atoms with Gasteiger partial charge in [-0.25, -0.2) is 0 Å². The molecule has 0 aromatic heterocycles. The molecule has 7 heteroatoms. The lowest BCUT2D eigenvalue weighted by Crippen LogP contribution is -2.44. The molecule has 1 aromatic carbocycles. The van der Waals surface area contributed by atoms with E-state index in [9.17, 15) is 19.5 Å². The number of nitrogens with two attached hydrogens (primary N) is 1. The van der Waals surface area contributed by atoms with Crippen LogP contribution in [0.3, 0.4) is 0 Å². The number of phenolic OH excluding ortho intramolecular Hbond substituents is 1. The predicted octanol–water partition coefficient (Wildman–Crippen LogP) is -0.0271. The lowest BCUT2D eigenvalue weighted by molar-refractivity contribution is -0.149. The SMILES string of the molecule is CC(=O)N(CCN)C(=O)C(=O)Nc1ccc(O)cc1C. The Morgan fingerprint density at radius 3 is 2.50 bits per heavy atom. The van der Waals surface area contributed by atoms with Gasteiger partial charge in [0, 0.05) is 25.7 Å². The zero-order valence-electron chi connectivity index (χ0n) is 11.3. The molecular formula is C13H17N3O4. The highest BCUT2D eigenvalue weighted by molar-refractivity contribution is 6.41. The zero-order valence-corrected chi connectivity index (χ0v) is 11.3. The molecule has 0 bridgehead atoms. The van der Waals surface area contributed by atoms with Crippen LogP contribution in [0.1, 0.15) is 12.5 Å². The van der Waals surface area contributed by atoms with E-state index in [4.69, 9.17) is 5.73 Å². The number of rotatable bonds is 3. The number of aromatic hydroxyl groups is 1. The fraction of sp³-hybridized carbons (Fsp3) is 0.308. The van der Waals surface area contributed by atoms with Crippen LogP contribution in [0.4, 0.5) is 5.69 Å². The van der Waals surface area contributed by atoms with Gasteiger partial charge in [0.1, 0.15) is 5.75 Å². The Morgan fingerprint density at radius 1 is 1.35 bits per heavy atom. The summed E-state index contributed by atoms with van der Waals surface area (Å²) in [6.45, 7) is 2.92. The van der Waals surface area contributed by atoms with Crippen LogP contribution in [0, 0.1) is 6.92 Å². The first kappa shape index (κ1) is 15.6. The van der Waals surface area contributed by atoms with Gasteiger partial charge in [-0.05, 0) is 30.7 Å². The summed E-state index contributed by atoms with van der Waals surface area (Å²) in [5.41, 5.74) is 6.28. The highest BCUT2D eigenvalue weighted by Crippen LogP contribution is 2.20. The lowest BCUT2D eigenvalue weighted by atomic mass is 10.2. The zero-order chi connectivity index (χ0) is 15.3. The molecule has 108 valence electrons. The first-order valence-electron chi connectivity index (χ1n) is 6.00. The van der Waals surface area contributed by atoms with Crippen LogP contribution in [-0.2, 0) is 14.4 Å².